The van der Waals surface area contributed by atoms with Crippen molar-refractivity contribution in [2.24, 2.45) is 0 Å². The van der Waals surface area contributed by atoms with Gasteiger partial charge in [0.2, 0.25) is 0 Å². The Balaban J connectivity index is 1.58. The summed E-state index contributed by atoms with van der Waals surface area (Å²) in [7, 11) is 0. The van der Waals surface area contributed by atoms with Gasteiger partial charge in [-0.3, -0.25) is 25.2 Å². The molecule has 0 spiro atoms. The fraction of sp³-hybridized carbons (Fsp3) is 0.0435. The van der Waals surface area contributed by atoms with Gasteiger partial charge < -0.3 is 4.42 Å². The average Bonchev–Trinajstić information content (AvgIpc) is 3.32. The van der Waals surface area contributed by atoms with Crippen LogP contribution >= 0.6 is 0 Å². The number of carbonyl (C=O) groups is 2. The van der Waals surface area contributed by atoms with Crippen LogP contribution < -0.4 is 16.4 Å². The summed E-state index contributed by atoms with van der Waals surface area (Å²) in [4.78, 5) is 37.6. The minimum atomic E-state index is -0.641. The molecule has 0 atom stereocenters. The molecule has 8 nitrogen and oxygen atoms in total. The van der Waals surface area contributed by atoms with Gasteiger partial charge in [0.25, 0.3) is 17.4 Å². The molecule has 0 saturated carbocycles. The van der Waals surface area contributed by atoms with Crippen LogP contribution in [0.25, 0.3) is 16.8 Å². The molecule has 2 heterocycles. The Hall–Kier alpha value is -4.46. The van der Waals surface area contributed by atoms with Gasteiger partial charge in [0.1, 0.15) is 5.76 Å². The number of hydrazine groups is 1. The van der Waals surface area contributed by atoms with Crippen LogP contribution in [0.1, 0.15) is 21.8 Å². The van der Waals surface area contributed by atoms with Crippen LogP contribution in [0.5, 0.6) is 0 Å². The molecule has 0 fully saturated rings. The number of benzene rings is 2. The number of nitrogens with zero attached hydrogens (tertiary/aromatic N) is 2. The third-order valence-corrected chi connectivity index (χ3v) is 4.50. The van der Waals surface area contributed by atoms with Crippen molar-refractivity contribution in [3.8, 4) is 0 Å². The van der Waals surface area contributed by atoms with Crippen molar-refractivity contribution in [2.75, 3.05) is 0 Å². The minimum Gasteiger partial charge on any atom is -0.465 e. The number of amides is 2. The Bertz CT molecular complexity index is 1310. The van der Waals surface area contributed by atoms with Crippen LogP contribution in [0.15, 0.2) is 88.3 Å². The van der Waals surface area contributed by atoms with E-state index in [1.54, 1.807) is 36.4 Å². The summed E-state index contributed by atoms with van der Waals surface area (Å²) in [6, 6.07) is 19.4. The normalized spacial score (nSPS) is 11.0. The first-order chi connectivity index (χ1) is 15.1. The zero-order valence-electron chi connectivity index (χ0n) is 16.3. The highest BCUT2D eigenvalue weighted by Gasteiger charge is 2.17. The number of nitrogens with one attached hydrogen (secondary N) is 2. The maximum Gasteiger partial charge on any atom is 0.290 e. The second-order valence-corrected chi connectivity index (χ2v) is 6.63. The lowest BCUT2D eigenvalue weighted by molar-refractivity contribution is -0.117. The highest BCUT2D eigenvalue weighted by molar-refractivity contribution is 6.05. The fourth-order valence-corrected chi connectivity index (χ4v) is 3.03. The van der Waals surface area contributed by atoms with Crippen LogP contribution in [0.2, 0.25) is 0 Å². The summed E-state index contributed by atoms with van der Waals surface area (Å²) in [5, 5.41) is 5.03. The molecule has 0 saturated heterocycles. The highest BCUT2D eigenvalue weighted by Crippen LogP contribution is 2.13. The molecule has 2 amide bonds. The molecule has 4 aromatic rings. The molecule has 0 aliphatic rings. The fourth-order valence-electron chi connectivity index (χ4n) is 3.03. The van der Waals surface area contributed by atoms with Crippen LogP contribution in [-0.4, -0.2) is 21.6 Å². The summed E-state index contributed by atoms with van der Waals surface area (Å²) in [6.45, 7) is 0.211. The Morgan fingerprint density at radius 3 is 2.42 bits per heavy atom. The van der Waals surface area contributed by atoms with E-state index in [2.05, 4.69) is 16.0 Å². The predicted octanol–water partition coefficient (Wildman–Crippen LogP) is 2.51. The molecule has 4 rings (SSSR count). The Morgan fingerprint density at radius 2 is 1.68 bits per heavy atom. The van der Waals surface area contributed by atoms with Crippen LogP contribution in [0.3, 0.4) is 0 Å². The third kappa shape index (κ3) is 4.59. The van der Waals surface area contributed by atoms with Gasteiger partial charge >= 0.3 is 0 Å². The lowest BCUT2D eigenvalue weighted by atomic mass is 10.1. The van der Waals surface area contributed by atoms with E-state index in [1.807, 2.05) is 30.3 Å². The highest BCUT2D eigenvalue weighted by atomic mass is 16.3. The molecule has 154 valence electrons. The minimum absolute atomic E-state index is 0.0291. The molecule has 0 bridgehead atoms. The molecular formula is C23H18N4O4. The standard InChI is InChI=1S/C23H18N4O4/c28-20(13-12-17-9-6-14-31-17)24-25-22(29)21-18-10-4-5-11-19(18)23(30)27(26-21)15-16-7-2-1-3-8-16/h1-14H,15H2,(H,24,28)(H,25,29)/b13-12+. The van der Waals surface area contributed by atoms with E-state index >= 15 is 0 Å². The zero-order chi connectivity index (χ0) is 21.6. The SMILES string of the molecule is O=C(/C=C/c1ccco1)NNC(=O)c1nn(Cc2ccccc2)c(=O)c2ccccc12. The first-order valence-corrected chi connectivity index (χ1v) is 9.47. The summed E-state index contributed by atoms with van der Waals surface area (Å²) < 4.78 is 6.34. The zero-order valence-corrected chi connectivity index (χ0v) is 16.3. The van der Waals surface area contributed by atoms with Crippen LogP contribution in [0, 0.1) is 0 Å². The molecule has 8 heteroatoms. The summed E-state index contributed by atoms with van der Waals surface area (Å²) in [5.74, 6) is -0.688. The topological polar surface area (TPSA) is 106 Å². The molecule has 2 aromatic heterocycles. The summed E-state index contributed by atoms with van der Waals surface area (Å²) in [5.41, 5.74) is 5.23. The molecule has 0 aliphatic carbocycles. The Morgan fingerprint density at radius 1 is 0.935 bits per heavy atom. The molecule has 0 unspecified atom stereocenters. The van der Waals surface area contributed by atoms with E-state index < -0.39 is 11.8 Å². The number of fused-ring (bicyclic) bond motifs is 1. The van der Waals surface area contributed by atoms with Crippen LogP contribution in [0.4, 0.5) is 0 Å². The number of furan rings is 1. The van der Waals surface area contributed by atoms with Crippen molar-refractivity contribution in [1.82, 2.24) is 20.6 Å². The van der Waals surface area contributed by atoms with Gasteiger partial charge in [-0.2, -0.15) is 5.10 Å². The molecule has 31 heavy (non-hydrogen) atoms. The van der Waals surface area contributed by atoms with Crippen molar-refractivity contribution in [1.29, 1.82) is 0 Å². The molecule has 0 aliphatic heterocycles. The third-order valence-electron chi connectivity index (χ3n) is 4.50. The van der Waals surface area contributed by atoms with Gasteiger partial charge in [0.05, 0.1) is 18.2 Å². The predicted molar refractivity (Wildman–Crippen MR) is 115 cm³/mol. The van der Waals surface area contributed by atoms with E-state index in [-0.39, 0.29) is 17.8 Å². The number of hydrogen-bond donors (Lipinski definition) is 2. The Labute approximate surface area is 176 Å². The van der Waals surface area contributed by atoms with E-state index in [1.165, 1.54) is 23.1 Å². The average molecular weight is 414 g/mol. The number of aromatic nitrogens is 2. The maximum atomic E-state index is 12.9. The van der Waals surface area contributed by atoms with Gasteiger partial charge in [-0.05, 0) is 29.8 Å². The number of hydrogen-bond acceptors (Lipinski definition) is 5. The second-order valence-electron chi connectivity index (χ2n) is 6.63. The van der Waals surface area contributed by atoms with E-state index in [0.29, 0.717) is 16.5 Å². The first kappa shape index (κ1) is 19.8. The van der Waals surface area contributed by atoms with Gasteiger partial charge in [-0.15, -0.1) is 0 Å². The monoisotopic (exact) mass is 414 g/mol. The lowest BCUT2D eigenvalue weighted by Gasteiger charge is -2.11. The quantitative estimate of drug-likeness (QED) is 0.386. The van der Waals surface area contributed by atoms with E-state index in [9.17, 15) is 14.4 Å². The maximum absolute atomic E-state index is 12.9. The van der Waals surface area contributed by atoms with Crippen molar-refractivity contribution in [3.05, 3.63) is 106 Å². The Kier molecular flexibility index (Phi) is 5.70. The number of carbonyl (C=O) groups excluding carboxylic acids is 2. The lowest BCUT2D eigenvalue weighted by Crippen LogP contribution is -2.42. The van der Waals surface area contributed by atoms with Crippen LogP contribution in [-0.2, 0) is 11.3 Å². The molecule has 0 radical (unpaired) electrons. The van der Waals surface area contributed by atoms with E-state index in [4.69, 9.17) is 4.42 Å². The van der Waals surface area contributed by atoms with Crippen molar-refractivity contribution in [3.63, 3.8) is 0 Å². The van der Waals surface area contributed by atoms with Crippen molar-refractivity contribution >= 4 is 28.7 Å². The van der Waals surface area contributed by atoms with Gasteiger partial charge in [0, 0.05) is 11.5 Å². The van der Waals surface area contributed by atoms with Gasteiger partial charge in [-0.1, -0.05) is 48.5 Å². The smallest absolute Gasteiger partial charge is 0.290 e. The van der Waals surface area contributed by atoms with Gasteiger partial charge in [-0.25, -0.2) is 4.68 Å². The van der Waals surface area contributed by atoms with E-state index in [0.717, 1.165) is 5.56 Å². The summed E-state index contributed by atoms with van der Waals surface area (Å²) >= 11 is 0. The second kappa shape index (κ2) is 8.91. The van der Waals surface area contributed by atoms with Crippen molar-refractivity contribution < 1.29 is 14.0 Å². The van der Waals surface area contributed by atoms with Crippen molar-refractivity contribution in [2.45, 2.75) is 6.54 Å². The number of rotatable bonds is 5. The largest absolute Gasteiger partial charge is 0.465 e. The van der Waals surface area contributed by atoms with Gasteiger partial charge in [0.15, 0.2) is 5.69 Å². The first-order valence-electron chi connectivity index (χ1n) is 9.47. The molecule has 2 N–H and O–H groups in total. The summed E-state index contributed by atoms with van der Waals surface area (Å²) in [6.07, 6.45) is 4.18. The molecule has 2 aromatic carbocycles. The molecular weight excluding hydrogens is 396 g/mol.